The Balaban J connectivity index is 1.45. The second-order valence-corrected chi connectivity index (χ2v) is 9.14. The predicted molar refractivity (Wildman–Crippen MR) is 113 cm³/mol. The average molecular weight is 424 g/mol. The Bertz CT molecular complexity index is 1340. The summed E-state index contributed by atoms with van der Waals surface area (Å²) in [6.45, 7) is 2.57. The van der Waals surface area contributed by atoms with Crippen molar-refractivity contribution in [3.63, 3.8) is 0 Å². The highest BCUT2D eigenvalue weighted by molar-refractivity contribution is 7.92. The number of likely N-dealkylation sites (N-methyl/N-ethyl adjacent to an activating group) is 1. The second-order valence-electron chi connectivity index (χ2n) is 7.46. The van der Waals surface area contributed by atoms with Crippen LogP contribution in [-0.4, -0.2) is 51.5 Å². The maximum Gasteiger partial charge on any atom is 0.263 e. The van der Waals surface area contributed by atoms with Gasteiger partial charge in [0, 0.05) is 37.3 Å². The third-order valence-electron chi connectivity index (χ3n) is 5.39. The summed E-state index contributed by atoms with van der Waals surface area (Å²) in [6, 6.07) is 8.71. The topological polar surface area (TPSA) is 97.9 Å². The van der Waals surface area contributed by atoms with Crippen LogP contribution in [0.2, 0.25) is 0 Å². The van der Waals surface area contributed by atoms with Gasteiger partial charge in [0.2, 0.25) is 0 Å². The maximum absolute atomic E-state index is 12.9. The van der Waals surface area contributed by atoms with Gasteiger partial charge < -0.3 is 0 Å². The van der Waals surface area contributed by atoms with Crippen LogP contribution in [0.25, 0.3) is 22.2 Å². The van der Waals surface area contributed by atoms with Gasteiger partial charge in [0.05, 0.1) is 41.5 Å². The summed E-state index contributed by atoms with van der Waals surface area (Å²) in [5, 5.41) is 9.50. The molecule has 0 bridgehead atoms. The lowest BCUT2D eigenvalue weighted by molar-refractivity contribution is 0.259. The molecular weight excluding hydrogens is 402 g/mol. The number of fused-ring (bicyclic) bond motifs is 2. The summed E-state index contributed by atoms with van der Waals surface area (Å²) in [5.74, 6) is 0. The van der Waals surface area contributed by atoms with Crippen molar-refractivity contribution in [1.29, 1.82) is 0 Å². The molecule has 0 unspecified atom stereocenters. The molecule has 1 aromatic carbocycles. The summed E-state index contributed by atoms with van der Waals surface area (Å²) in [6.07, 6.45) is 4.89. The highest BCUT2D eigenvalue weighted by Crippen LogP contribution is 2.27. The van der Waals surface area contributed by atoms with Crippen molar-refractivity contribution in [2.24, 2.45) is 7.05 Å². The van der Waals surface area contributed by atoms with Crippen LogP contribution in [0, 0.1) is 0 Å². The van der Waals surface area contributed by atoms with E-state index in [4.69, 9.17) is 0 Å². The van der Waals surface area contributed by atoms with Gasteiger partial charge in [-0.3, -0.25) is 24.0 Å². The first-order valence-corrected chi connectivity index (χ1v) is 11.0. The van der Waals surface area contributed by atoms with Crippen molar-refractivity contribution in [1.82, 2.24) is 29.4 Å². The van der Waals surface area contributed by atoms with Crippen molar-refractivity contribution in [3.8, 4) is 11.3 Å². The Kier molecular flexibility index (Phi) is 4.33. The lowest BCUT2D eigenvalue weighted by Crippen LogP contribution is -2.30. The van der Waals surface area contributed by atoms with Crippen molar-refractivity contribution < 1.29 is 8.42 Å². The number of nitrogens with one attached hydrogen (secondary N) is 1. The summed E-state index contributed by atoms with van der Waals surface area (Å²) < 4.78 is 32.2. The van der Waals surface area contributed by atoms with Gasteiger partial charge in [-0.15, -0.1) is 0 Å². The number of nitrogens with zero attached hydrogens (tertiary/aromatic N) is 6. The van der Waals surface area contributed by atoms with E-state index >= 15 is 0 Å². The molecule has 4 heterocycles. The molecule has 0 saturated carbocycles. The van der Waals surface area contributed by atoms with E-state index < -0.39 is 10.0 Å². The number of hydrogen-bond donors (Lipinski definition) is 1. The fourth-order valence-electron chi connectivity index (χ4n) is 3.80. The molecule has 0 aliphatic carbocycles. The molecule has 0 radical (unpaired) electrons. The van der Waals surface area contributed by atoms with Gasteiger partial charge in [-0.05, 0) is 25.2 Å². The van der Waals surface area contributed by atoms with Gasteiger partial charge in [-0.25, -0.2) is 8.42 Å². The first-order valence-electron chi connectivity index (χ1n) is 9.55. The second kappa shape index (κ2) is 6.92. The molecule has 1 aliphatic rings. The van der Waals surface area contributed by atoms with E-state index in [9.17, 15) is 8.42 Å². The Morgan fingerprint density at radius 1 is 1.00 bits per heavy atom. The van der Waals surface area contributed by atoms with Crippen LogP contribution in [-0.2, 0) is 30.2 Å². The first kappa shape index (κ1) is 18.8. The molecule has 0 fully saturated rings. The Hall–Kier alpha value is -3.24. The number of aryl methyl sites for hydroxylation is 1. The first-order chi connectivity index (χ1) is 14.4. The van der Waals surface area contributed by atoms with E-state index in [0.29, 0.717) is 11.4 Å². The highest BCUT2D eigenvalue weighted by Gasteiger charge is 2.21. The van der Waals surface area contributed by atoms with Crippen molar-refractivity contribution >= 4 is 26.6 Å². The number of benzene rings is 1. The zero-order valence-corrected chi connectivity index (χ0v) is 17.5. The summed E-state index contributed by atoms with van der Waals surface area (Å²) in [4.78, 5) is 6.75. The number of sulfonamides is 1. The minimum absolute atomic E-state index is 0.101. The van der Waals surface area contributed by atoms with Crippen LogP contribution < -0.4 is 4.72 Å². The monoisotopic (exact) mass is 423 g/mol. The summed E-state index contributed by atoms with van der Waals surface area (Å²) in [7, 11) is 0.0518. The molecule has 0 atom stereocenters. The number of hydrogen-bond acceptors (Lipinski definition) is 6. The number of rotatable bonds is 4. The third kappa shape index (κ3) is 3.14. The van der Waals surface area contributed by atoms with E-state index in [-0.39, 0.29) is 4.90 Å². The van der Waals surface area contributed by atoms with Gasteiger partial charge in [0.25, 0.3) is 10.0 Å². The average Bonchev–Trinajstić information content (AvgIpc) is 3.32. The molecule has 4 aromatic rings. The standard InChI is InChI=1S/C20H21N7O2S/c1-25-8-9-27-19(13-25)16(12-23-27)17-7-6-15(11-21-17)30(28,29)24-18-5-3-4-14-10-22-26(2)20(14)18/h3-7,10-12,24H,8-9,13H2,1-2H3. The van der Waals surface area contributed by atoms with Crippen LogP contribution in [0.5, 0.6) is 0 Å². The van der Waals surface area contributed by atoms with E-state index in [2.05, 4.69) is 31.9 Å². The van der Waals surface area contributed by atoms with E-state index in [1.165, 1.54) is 6.20 Å². The molecule has 9 nitrogen and oxygen atoms in total. The van der Waals surface area contributed by atoms with Gasteiger partial charge in [0.15, 0.2) is 0 Å². The molecule has 154 valence electrons. The molecule has 10 heteroatoms. The number of para-hydroxylation sites is 1. The molecule has 1 N–H and O–H groups in total. The molecule has 0 spiro atoms. The van der Waals surface area contributed by atoms with Gasteiger partial charge in [-0.1, -0.05) is 12.1 Å². The predicted octanol–water partition coefficient (Wildman–Crippen LogP) is 2.08. The molecule has 3 aromatic heterocycles. The molecule has 0 amide bonds. The lowest BCUT2D eigenvalue weighted by atomic mass is 10.1. The van der Waals surface area contributed by atoms with Crippen LogP contribution >= 0.6 is 0 Å². The van der Waals surface area contributed by atoms with Crippen LogP contribution in [0.1, 0.15) is 5.69 Å². The fraction of sp³-hybridized carbons (Fsp3) is 0.250. The summed E-state index contributed by atoms with van der Waals surface area (Å²) in [5.41, 5.74) is 3.93. The van der Waals surface area contributed by atoms with Crippen LogP contribution in [0.3, 0.4) is 0 Å². The highest BCUT2D eigenvalue weighted by atomic mass is 32.2. The molecule has 0 saturated heterocycles. The minimum atomic E-state index is -3.79. The van der Waals surface area contributed by atoms with Crippen molar-refractivity contribution in [2.45, 2.75) is 18.0 Å². The number of anilines is 1. The molecular formula is C20H21N7O2S. The van der Waals surface area contributed by atoms with E-state index in [1.54, 1.807) is 48.4 Å². The van der Waals surface area contributed by atoms with E-state index in [0.717, 1.165) is 41.8 Å². The Labute approximate surface area is 174 Å². The Morgan fingerprint density at radius 3 is 2.67 bits per heavy atom. The van der Waals surface area contributed by atoms with Crippen LogP contribution in [0.15, 0.2) is 53.8 Å². The van der Waals surface area contributed by atoms with Gasteiger partial charge in [0.1, 0.15) is 4.90 Å². The normalized spacial score (nSPS) is 14.7. The maximum atomic E-state index is 12.9. The Morgan fingerprint density at radius 2 is 1.87 bits per heavy atom. The quantitative estimate of drug-likeness (QED) is 0.540. The van der Waals surface area contributed by atoms with Gasteiger partial charge in [-0.2, -0.15) is 10.2 Å². The lowest BCUT2D eigenvalue weighted by Gasteiger charge is -2.24. The molecule has 5 rings (SSSR count). The fourth-order valence-corrected chi connectivity index (χ4v) is 4.81. The van der Waals surface area contributed by atoms with E-state index in [1.807, 2.05) is 10.7 Å². The number of aromatic nitrogens is 5. The van der Waals surface area contributed by atoms with Gasteiger partial charge >= 0.3 is 0 Å². The zero-order valence-electron chi connectivity index (χ0n) is 16.6. The summed E-state index contributed by atoms with van der Waals surface area (Å²) >= 11 is 0. The van der Waals surface area contributed by atoms with Crippen molar-refractivity contribution in [3.05, 3.63) is 54.6 Å². The molecule has 1 aliphatic heterocycles. The SMILES string of the molecule is CN1CCn2ncc(-c3ccc(S(=O)(=O)Nc4cccc5cnn(C)c45)cn3)c2C1. The van der Waals surface area contributed by atoms with Crippen LogP contribution in [0.4, 0.5) is 5.69 Å². The number of pyridine rings is 1. The largest absolute Gasteiger partial charge is 0.299 e. The zero-order chi connectivity index (χ0) is 20.9. The van der Waals surface area contributed by atoms with Crippen molar-refractivity contribution in [2.75, 3.05) is 18.3 Å². The minimum Gasteiger partial charge on any atom is -0.299 e. The smallest absolute Gasteiger partial charge is 0.263 e. The third-order valence-corrected chi connectivity index (χ3v) is 6.74. The molecule has 30 heavy (non-hydrogen) atoms.